The van der Waals surface area contributed by atoms with E-state index in [2.05, 4.69) is 5.32 Å². The lowest BCUT2D eigenvalue weighted by Gasteiger charge is -2.21. The second kappa shape index (κ2) is 6.23. The van der Waals surface area contributed by atoms with Gasteiger partial charge in [0.05, 0.1) is 6.26 Å². The molecule has 1 saturated heterocycles. The first-order chi connectivity index (χ1) is 9.59. The van der Waals surface area contributed by atoms with Crippen LogP contribution in [0.2, 0.25) is 0 Å². The van der Waals surface area contributed by atoms with Gasteiger partial charge in [0.25, 0.3) is 5.91 Å². The second-order valence-electron chi connectivity index (χ2n) is 4.57. The molecule has 1 unspecified atom stereocenters. The molecular formula is C13H16N2O5. The van der Waals surface area contributed by atoms with Crippen LogP contribution in [0.25, 0.3) is 0 Å². The summed E-state index contributed by atoms with van der Waals surface area (Å²) in [7, 11) is 0. The van der Waals surface area contributed by atoms with Gasteiger partial charge in [-0.25, -0.2) is 4.79 Å². The molecule has 2 amide bonds. The Kier molecular flexibility index (Phi) is 4.39. The van der Waals surface area contributed by atoms with Crippen LogP contribution in [0.15, 0.2) is 22.8 Å². The Morgan fingerprint density at radius 3 is 2.90 bits per heavy atom. The maximum atomic E-state index is 11.9. The fraction of sp³-hybridized carbons (Fsp3) is 0.462. The molecule has 2 heterocycles. The highest BCUT2D eigenvalue weighted by Gasteiger charge is 2.33. The summed E-state index contributed by atoms with van der Waals surface area (Å²) in [5.74, 6) is -1.44. The molecule has 0 spiro atoms. The minimum Gasteiger partial charge on any atom is -0.480 e. The zero-order valence-corrected chi connectivity index (χ0v) is 10.9. The van der Waals surface area contributed by atoms with E-state index in [4.69, 9.17) is 9.52 Å². The van der Waals surface area contributed by atoms with Crippen LogP contribution in [0.1, 0.15) is 29.8 Å². The average Bonchev–Trinajstić information content (AvgIpc) is 3.09. The topological polar surface area (TPSA) is 99.9 Å². The van der Waals surface area contributed by atoms with Crippen molar-refractivity contribution in [1.29, 1.82) is 0 Å². The van der Waals surface area contributed by atoms with Crippen LogP contribution in [-0.4, -0.2) is 46.9 Å². The lowest BCUT2D eigenvalue weighted by atomic mass is 10.2. The highest BCUT2D eigenvalue weighted by Crippen LogP contribution is 2.18. The van der Waals surface area contributed by atoms with E-state index in [-0.39, 0.29) is 30.5 Å². The predicted molar refractivity (Wildman–Crippen MR) is 68.0 cm³/mol. The van der Waals surface area contributed by atoms with Gasteiger partial charge in [-0.05, 0) is 25.0 Å². The highest BCUT2D eigenvalue weighted by atomic mass is 16.4. The van der Waals surface area contributed by atoms with Crippen molar-refractivity contribution in [3.63, 3.8) is 0 Å². The van der Waals surface area contributed by atoms with E-state index in [1.54, 1.807) is 6.07 Å². The summed E-state index contributed by atoms with van der Waals surface area (Å²) in [6.45, 7) is 0.614. The first-order valence-corrected chi connectivity index (χ1v) is 6.43. The third-order valence-corrected chi connectivity index (χ3v) is 3.23. The van der Waals surface area contributed by atoms with E-state index in [0.29, 0.717) is 19.4 Å². The van der Waals surface area contributed by atoms with E-state index in [0.717, 1.165) is 0 Å². The van der Waals surface area contributed by atoms with E-state index in [9.17, 15) is 14.4 Å². The molecule has 1 fully saturated rings. The number of carbonyl (C=O) groups is 3. The number of carboxylic acid groups (broad SMARTS) is 1. The first-order valence-electron chi connectivity index (χ1n) is 6.43. The molecule has 1 aromatic heterocycles. The van der Waals surface area contributed by atoms with Gasteiger partial charge in [-0.2, -0.15) is 0 Å². The summed E-state index contributed by atoms with van der Waals surface area (Å²) in [5, 5.41) is 11.6. The summed E-state index contributed by atoms with van der Waals surface area (Å²) in [5.41, 5.74) is 0. The molecular weight excluding hydrogens is 264 g/mol. The Morgan fingerprint density at radius 2 is 2.25 bits per heavy atom. The molecule has 7 heteroatoms. The van der Waals surface area contributed by atoms with E-state index >= 15 is 0 Å². The van der Waals surface area contributed by atoms with Crippen molar-refractivity contribution < 1.29 is 23.9 Å². The van der Waals surface area contributed by atoms with Crippen LogP contribution in [0.5, 0.6) is 0 Å². The Balaban J connectivity index is 1.78. The molecule has 0 aromatic carbocycles. The number of hydrogen-bond acceptors (Lipinski definition) is 4. The number of carbonyl (C=O) groups excluding carboxylic acids is 2. The molecule has 1 aromatic rings. The van der Waals surface area contributed by atoms with Crippen LogP contribution in [-0.2, 0) is 9.59 Å². The molecule has 1 atom stereocenters. The fourth-order valence-corrected chi connectivity index (χ4v) is 2.24. The van der Waals surface area contributed by atoms with Crippen molar-refractivity contribution >= 4 is 17.8 Å². The summed E-state index contributed by atoms with van der Waals surface area (Å²) >= 11 is 0. The van der Waals surface area contributed by atoms with Crippen LogP contribution in [0, 0.1) is 0 Å². The van der Waals surface area contributed by atoms with Gasteiger partial charge in [0, 0.05) is 19.5 Å². The number of amides is 2. The molecule has 108 valence electrons. The zero-order chi connectivity index (χ0) is 14.5. The molecule has 0 bridgehead atoms. The van der Waals surface area contributed by atoms with Crippen molar-refractivity contribution in [3.8, 4) is 0 Å². The minimum absolute atomic E-state index is 0.0796. The number of nitrogens with one attached hydrogen (secondary N) is 1. The van der Waals surface area contributed by atoms with Crippen molar-refractivity contribution in [3.05, 3.63) is 24.2 Å². The van der Waals surface area contributed by atoms with Gasteiger partial charge in [0.1, 0.15) is 6.04 Å². The predicted octanol–water partition coefficient (Wildman–Crippen LogP) is 0.475. The highest BCUT2D eigenvalue weighted by molar-refractivity contribution is 5.91. The fourth-order valence-electron chi connectivity index (χ4n) is 2.24. The minimum atomic E-state index is -0.976. The van der Waals surface area contributed by atoms with E-state index < -0.39 is 12.0 Å². The maximum Gasteiger partial charge on any atom is 0.326 e. The van der Waals surface area contributed by atoms with E-state index in [1.807, 2.05) is 0 Å². The van der Waals surface area contributed by atoms with Crippen LogP contribution in [0.3, 0.4) is 0 Å². The van der Waals surface area contributed by atoms with Crippen LogP contribution >= 0.6 is 0 Å². The Bertz CT molecular complexity index is 497. The summed E-state index contributed by atoms with van der Waals surface area (Å²) < 4.78 is 4.92. The Labute approximate surface area is 115 Å². The summed E-state index contributed by atoms with van der Waals surface area (Å²) in [6.07, 6.45) is 2.65. The van der Waals surface area contributed by atoms with Gasteiger partial charge < -0.3 is 19.7 Å². The molecule has 7 nitrogen and oxygen atoms in total. The molecule has 2 N–H and O–H groups in total. The lowest BCUT2D eigenvalue weighted by Crippen LogP contribution is -2.41. The molecule has 20 heavy (non-hydrogen) atoms. The number of aliphatic carboxylic acids is 1. The second-order valence-corrected chi connectivity index (χ2v) is 4.57. The Hall–Kier alpha value is -2.31. The summed E-state index contributed by atoms with van der Waals surface area (Å²) in [6, 6.07) is 2.39. The largest absolute Gasteiger partial charge is 0.480 e. The van der Waals surface area contributed by atoms with Crippen molar-refractivity contribution in [2.24, 2.45) is 0 Å². The SMILES string of the molecule is O=C(NCCC(=O)N1CCCC1C(=O)O)c1ccco1. The molecule has 0 aliphatic carbocycles. The van der Waals surface area contributed by atoms with Gasteiger partial charge >= 0.3 is 5.97 Å². The normalized spacial score (nSPS) is 18.0. The first kappa shape index (κ1) is 14.1. The van der Waals surface area contributed by atoms with Crippen LogP contribution in [0.4, 0.5) is 0 Å². The summed E-state index contributed by atoms with van der Waals surface area (Å²) in [4.78, 5) is 35.8. The number of likely N-dealkylation sites (tertiary alicyclic amines) is 1. The smallest absolute Gasteiger partial charge is 0.326 e. The monoisotopic (exact) mass is 280 g/mol. The maximum absolute atomic E-state index is 11.9. The van der Waals surface area contributed by atoms with Crippen LogP contribution < -0.4 is 5.32 Å². The van der Waals surface area contributed by atoms with Crippen molar-refractivity contribution in [1.82, 2.24) is 10.2 Å². The number of furan rings is 1. The lowest BCUT2D eigenvalue weighted by molar-refractivity contribution is -0.148. The van der Waals surface area contributed by atoms with Crippen molar-refractivity contribution in [2.75, 3.05) is 13.1 Å². The molecule has 0 saturated carbocycles. The molecule has 1 aliphatic rings. The quantitative estimate of drug-likeness (QED) is 0.817. The molecule has 0 radical (unpaired) electrons. The number of hydrogen-bond donors (Lipinski definition) is 2. The third-order valence-electron chi connectivity index (χ3n) is 3.23. The molecule has 1 aliphatic heterocycles. The molecule has 2 rings (SSSR count). The van der Waals surface area contributed by atoms with E-state index in [1.165, 1.54) is 17.2 Å². The van der Waals surface area contributed by atoms with Gasteiger partial charge in [0.2, 0.25) is 5.91 Å². The standard InChI is InChI=1S/C13H16N2O5/c16-11(15-7-1-3-9(15)13(18)19)5-6-14-12(17)10-4-2-8-20-10/h2,4,8-9H,1,3,5-7H2,(H,14,17)(H,18,19). The van der Waals surface area contributed by atoms with Gasteiger partial charge in [-0.1, -0.05) is 0 Å². The Morgan fingerprint density at radius 1 is 1.45 bits per heavy atom. The number of carboxylic acids is 1. The third kappa shape index (κ3) is 3.17. The van der Waals surface area contributed by atoms with Crippen molar-refractivity contribution in [2.45, 2.75) is 25.3 Å². The van der Waals surface area contributed by atoms with Gasteiger partial charge in [-0.15, -0.1) is 0 Å². The number of rotatable bonds is 5. The number of nitrogens with zero attached hydrogens (tertiary/aromatic N) is 1. The van der Waals surface area contributed by atoms with Gasteiger partial charge in [-0.3, -0.25) is 9.59 Å². The average molecular weight is 280 g/mol. The zero-order valence-electron chi connectivity index (χ0n) is 10.9. The van der Waals surface area contributed by atoms with Gasteiger partial charge in [0.15, 0.2) is 5.76 Å².